The van der Waals surface area contributed by atoms with Gasteiger partial charge in [-0.15, -0.1) is 0 Å². The standard InChI is InChI=1S/C16H21NO4/c1-2-11-8-9-17(13(10-11)16(20)21)15(19)14(18)12-6-4-3-5-7-12/h3-7,11,13-14,18H,2,8-10H2,1H3,(H,20,21). The Bertz CT molecular complexity index is 502. The van der Waals surface area contributed by atoms with Crippen LogP contribution in [0.5, 0.6) is 0 Å². The first-order valence-corrected chi connectivity index (χ1v) is 7.30. The molecule has 5 nitrogen and oxygen atoms in total. The Labute approximate surface area is 124 Å². The molecule has 2 rings (SSSR count). The first-order valence-electron chi connectivity index (χ1n) is 7.30. The summed E-state index contributed by atoms with van der Waals surface area (Å²) in [6, 6.07) is 7.77. The van der Waals surface area contributed by atoms with Crippen LogP contribution < -0.4 is 0 Å². The van der Waals surface area contributed by atoms with Gasteiger partial charge in [0.1, 0.15) is 6.04 Å². The molecule has 1 heterocycles. The molecule has 21 heavy (non-hydrogen) atoms. The Balaban J connectivity index is 2.15. The van der Waals surface area contributed by atoms with Crippen LogP contribution in [0.25, 0.3) is 0 Å². The molecule has 2 N–H and O–H groups in total. The summed E-state index contributed by atoms with van der Waals surface area (Å²) >= 11 is 0. The Kier molecular flexibility index (Phi) is 4.96. The average Bonchev–Trinajstić information content (AvgIpc) is 2.53. The van der Waals surface area contributed by atoms with Crippen molar-refractivity contribution in [2.75, 3.05) is 6.54 Å². The van der Waals surface area contributed by atoms with Crippen molar-refractivity contribution in [1.29, 1.82) is 0 Å². The SMILES string of the molecule is CCC1CCN(C(=O)C(O)c2ccccc2)C(C(=O)O)C1. The lowest BCUT2D eigenvalue weighted by Crippen LogP contribution is -2.51. The Hall–Kier alpha value is -1.88. The number of carbonyl (C=O) groups is 2. The maximum atomic E-state index is 12.4. The minimum atomic E-state index is -1.30. The summed E-state index contributed by atoms with van der Waals surface area (Å²) in [5.41, 5.74) is 0.490. The molecule has 5 heteroatoms. The van der Waals surface area contributed by atoms with E-state index in [1.165, 1.54) is 4.90 Å². The highest BCUT2D eigenvalue weighted by Gasteiger charge is 2.38. The topological polar surface area (TPSA) is 77.8 Å². The van der Waals surface area contributed by atoms with Gasteiger partial charge < -0.3 is 15.1 Å². The van der Waals surface area contributed by atoms with Crippen molar-refractivity contribution in [2.24, 2.45) is 5.92 Å². The zero-order valence-electron chi connectivity index (χ0n) is 12.1. The summed E-state index contributed by atoms with van der Waals surface area (Å²) in [7, 11) is 0. The molecule has 3 unspecified atom stereocenters. The molecule has 1 aromatic carbocycles. The number of nitrogens with zero attached hydrogens (tertiary/aromatic N) is 1. The van der Waals surface area contributed by atoms with E-state index < -0.39 is 24.0 Å². The minimum absolute atomic E-state index is 0.323. The highest BCUT2D eigenvalue weighted by atomic mass is 16.4. The normalized spacial score (nSPS) is 23.6. The van der Waals surface area contributed by atoms with Crippen molar-refractivity contribution < 1.29 is 19.8 Å². The number of aliphatic carboxylic acids is 1. The third-order valence-corrected chi connectivity index (χ3v) is 4.21. The second-order valence-corrected chi connectivity index (χ2v) is 5.50. The van der Waals surface area contributed by atoms with Crippen LogP contribution in [-0.4, -0.2) is 39.6 Å². The number of aliphatic hydroxyl groups excluding tert-OH is 1. The lowest BCUT2D eigenvalue weighted by Gasteiger charge is -2.37. The fourth-order valence-corrected chi connectivity index (χ4v) is 2.84. The molecule has 0 aromatic heterocycles. The van der Waals surface area contributed by atoms with E-state index in [9.17, 15) is 19.8 Å². The second kappa shape index (κ2) is 6.72. The number of amides is 1. The molecule has 114 valence electrons. The summed E-state index contributed by atoms with van der Waals surface area (Å²) in [5.74, 6) is -1.20. The second-order valence-electron chi connectivity index (χ2n) is 5.50. The van der Waals surface area contributed by atoms with Crippen molar-refractivity contribution in [3.63, 3.8) is 0 Å². The molecule has 1 saturated heterocycles. The van der Waals surface area contributed by atoms with Gasteiger partial charge in [0.2, 0.25) is 0 Å². The van der Waals surface area contributed by atoms with Crippen LogP contribution in [0.15, 0.2) is 30.3 Å². The zero-order valence-corrected chi connectivity index (χ0v) is 12.1. The molecule has 3 atom stereocenters. The van der Waals surface area contributed by atoms with Crippen molar-refractivity contribution in [3.8, 4) is 0 Å². The summed E-state index contributed by atoms with van der Waals surface area (Å²) in [4.78, 5) is 25.1. The number of likely N-dealkylation sites (tertiary alicyclic amines) is 1. The summed E-state index contributed by atoms with van der Waals surface area (Å²) in [6.07, 6.45) is 0.853. The third-order valence-electron chi connectivity index (χ3n) is 4.21. The van der Waals surface area contributed by atoms with E-state index in [0.29, 0.717) is 24.4 Å². The molecule has 1 amide bonds. The molecule has 0 spiro atoms. The third kappa shape index (κ3) is 3.42. The number of carboxylic acid groups (broad SMARTS) is 1. The van der Waals surface area contributed by atoms with Crippen LogP contribution in [0, 0.1) is 5.92 Å². The van der Waals surface area contributed by atoms with Gasteiger partial charge in [-0.25, -0.2) is 4.79 Å². The lowest BCUT2D eigenvalue weighted by atomic mass is 9.88. The smallest absolute Gasteiger partial charge is 0.326 e. The molecule has 1 aromatic rings. The van der Waals surface area contributed by atoms with Crippen molar-refractivity contribution in [1.82, 2.24) is 4.90 Å². The van der Waals surface area contributed by atoms with Crippen LogP contribution in [0.1, 0.15) is 37.9 Å². The maximum Gasteiger partial charge on any atom is 0.326 e. The van der Waals surface area contributed by atoms with Crippen LogP contribution in [0.4, 0.5) is 0 Å². The van der Waals surface area contributed by atoms with E-state index >= 15 is 0 Å². The van der Waals surface area contributed by atoms with E-state index in [1.807, 2.05) is 6.92 Å². The zero-order chi connectivity index (χ0) is 15.4. The number of aliphatic hydroxyl groups is 1. The van der Waals surface area contributed by atoms with Gasteiger partial charge in [0.15, 0.2) is 6.10 Å². The summed E-state index contributed by atoms with van der Waals surface area (Å²) < 4.78 is 0. The number of carbonyl (C=O) groups excluding carboxylic acids is 1. The van der Waals surface area contributed by atoms with Gasteiger partial charge in [-0.2, -0.15) is 0 Å². The molecule has 0 aliphatic carbocycles. The van der Waals surface area contributed by atoms with Crippen LogP contribution >= 0.6 is 0 Å². The largest absolute Gasteiger partial charge is 0.480 e. The number of hydrogen-bond donors (Lipinski definition) is 2. The summed E-state index contributed by atoms with van der Waals surface area (Å²) in [6.45, 7) is 2.41. The molecule has 1 aliphatic rings. The first-order chi connectivity index (χ1) is 10.0. The van der Waals surface area contributed by atoms with Gasteiger partial charge in [-0.3, -0.25) is 4.79 Å². The molecule has 0 saturated carbocycles. The monoisotopic (exact) mass is 291 g/mol. The predicted octanol–water partition coefficient (Wildman–Crippen LogP) is 1.82. The number of carboxylic acids is 1. The van der Waals surface area contributed by atoms with Crippen LogP contribution in [0.3, 0.4) is 0 Å². The number of piperidine rings is 1. The fraction of sp³-hybridized carbons (Fsp3) is 0.500. The highest BCUT2D eigenvalue weighted by Crippen LogP contribution is 2.28. The van der Waals surface area contributed by atoms with E-state index in [1.54, 1.807) is 30.3 Å². The first kappa shape index (κ1) is 15.5. The number of hydrogen-bond acceptors (Lipinski definition) is 3. The van der Waals surface area contributed by atoms with E-state index in [0.717, 1.165) is 12.8 Å². The Morgan fingerprint density at radius 1 is 1.33 bits per heavy atom. The van der Waals surface area contributed by atoms with Crippen LogP contribution in [0.2, 0.25) is 0 Å². The quantitative estimate of drug-likeness (QED) is 0.887. The Morgan fingerprint density at radius 2 is 2.00 bits per heavy atom. The molecule has 0 bridgehead atoms. The number of benzene rings is 1. The fourth-order valence-electron chi connectivity index (χ4n) is 2.84. The molecule has 1 fully saturated rings. The Morgan fingerprint density at radius 3 is 2.57 bits per heavy atom. The minimum Gasteiger partial charge on any atom is -0.480 e. The molecular formula is C16H21NO4. The van der Waals surface area contributed by atoms with Gasteiger partial charge >= 0.3 is 5.97 Å². The van der Waals surface area contributed by atoms with Crippen molar-refractivity contribution in [3.05, 3.63) is 35.9 Å². The van der Waals surface area contributed by atoms with E-state index in [4.69, 9.17) is 0 Å². The number of rotatable bonds is 4. The molecule has 1 aliphatic heterocycles. The van der Waals surface area contributed by atoms with Gasteiger partial charge in [0.25, 0.3) is 5.91 Å². The average molecular weight is 291 g/mol. The summed E-state index contributed by atoms with van der Waals surface area (Å²) in [5, 5.41) is 19.5. The van der Waals surface area contributed by atoms with Gasteiger partial charge in [0.05, 0.1) is 0 Å². The van der Waals surface area contributed by atoms with Gasteiger partial charge in [-0.1, -0.05) is 43.7 Å². The van der Waals surface area contributed by atoms with Gasteiger partial charge in [0, 0.05) is 6.54 Å². The van der Waals surface area contributed by atoms with Crippen molar-refractivity contribution in [2.45, 2.75) is 38.3 Å². The van der Waals surface area contributed by atoms with Crippen molar-refractivity contribution >= 4 is 11.9 Å². The predicted molar refractivity (Wildman–Crippen MR) is 77.6 cm³/mol. The molecule has 0 radical (unpaired) electrons. The van der Waals surface area contributed by atoms with E-state index in [2.05, 4.69) is 0 Å². The lowest BCUT2D eigenvalue weighted by molar-refractivity contribution is -0.157. The molecular weight excluding hydrogens is 270 g/mol. The van der Waals surface area contributed by atoms with Crippen LogP contribution in [-0.2, 0) is 9.59 Å². The maximum absolute atomic E-state index is 12.4. The van der Waals surface area contributed by atoms with Gasteiger partial charge in [-0.05, 0) is 24.3 Å². The highest BCUT2D eigenvalue weighted by molar-refractivity contribution is 5.87. The van der Waals surface area contributed by atoms with E-state index in [-0.39, 0.29) is 0 Å².